The fraction of sp³-hybridized carbons (Fsp3) is 0.250. The maximum absolute atomic E-state index is 12.3. The second-order valence-corrected chi connectivity index (χ2v) is 9.44. The summed E-state index contributed by atoms with van der Waals surface area (Å²) in [5.41, 5.74) is 4.72. The van der Waals surface area contributed by atoms with Gasteiger partial charge < -0.3 is 5.32 Å². The number of hydrogen-bond donors (Lipinski definition) is 2. The minimum absolute atomic E-state index is 0.186. The molecule has 0 atom stereocenters. The number of fused-ring (bicyclic) bond motifs is 1. The van der Waals surface area contributed by atoms with Crippen molar-refractivity contribution in [2.24, 2.45) is 0 Å². The number of nitrogens with zero attached hydrogens (tertiary/aromatic N) is 5. The zero-order valence-corrected chi connectivity index (χ0v) is 17.4. The van der Waals surface area contributed by atoms with Crippen LogP contribution in [0.25, 0.3) is 16.9 Å². The van der Waals surface area contributed by atoms with E-state index in [0.29, 0.717) is 36.1 Å². The van der Waals surface area contributed by atoms with Gasteiger partial charge in [0.15, 0.2) is 5.82 Å². The summed E-state index contributed by atoms with van der Waals surface area (Å²) in [6.07, 6.45) is 2.54. The lowest BCUT2D eigenvalue weighted by Gasteiger charge is -2.17. The van der Waals surface area contributed by atoms with Crippen molar-refractivity contribution in [1.82, 2.24) is 24.6 Å². The normalized spacial score (nSPS) is 15.7. The van der Waals surface area contributed by atoms with Gasteiger partial charge in [-0.25, -0.2) is 18.4 Å². The van der Waals surface area contributed by atoms with Gasteiger partial charge in [-0.15, -0.1) is 0 Å². The van der Waals surface area contributed by atoms with E-state index in [9.17, 15) is 8.42 Å². The predicted molar refractivity (Wildman–Crippen MR) is 116 cm³/mol. The molecule has 1 saturated heterocycles. The molecule has 0 amide bonds. The van der Waals surface area contributed by atoms with Crippen LogP contribution in [0.4, 0.5) is 17.5 Å². The largest absolute Gasteiger partial charge is 0.308 e. The molecule has 0 saturated carbocycles. The summed E-state index contributed by atoms with van der Waals surface area (Å²) in [5.74, 6) is 1.42. The van der Waals surface area contributed by atoms with Gasteiger partial charge in [0, 0.05) is 36.1 Å². The van der Waals surface area contributed by atoms with Crippen molar-refractivity contribution in [2.45, 2.75) is 20.3 Å². The number of aromatic nitrogens is 5. The summed E-state index contributed by atoms with van der Waals surface area (Å²) >= 11 is 0. The number of imidazole rings is 1. The quantitative estimate of drug-likeness (QED) is 0.522. The number of rotatable bonds is 4. The highest BCUT2D eigenvalue weighted by Gasteiger charge is 2.28. The summed E-state index contributed by atoms with van der Waals surface area (Å²) in [6, 6.07) is 11.2. The van der Waals surface area contributed by atoms with Crippen LogP contribution in [-0.4, -0.2) is 45.3 Å². The first-order chi connectivity index (χ1) is 14.4. The number of benzene rings is 1. The zero-order valence-electron chi connectivity index (χ0n) is 16.6. The molecule has 0 unspecified atom stereocenters. The van der Waals surface area contributed by atoms with Crippen LogP contribution >= 0.6 is 0 Å². The van der Waals surface area contributed by atoms with E-state index in [2.05, 4.69) is 20.5 Å². The van der Waals surface area contributed by atoms with E-state index in [0.717, 1.165) is 22.6 Å². The van der Waals surface area contributed by atoms with Gasteiger partial charge in [-0.2, -0.15) is 5.10 Å². The Bertz CT molecular complexity index is 1360. The molecule has 0 aliphatic carbocycles. The highest BCUT2D eigenvalue weighted by molar-refractivity contribution is 7.93. The lowest BCUT2D eigenvalue weighted by molar-refractivity contribution is 0.599. The Morgan fingerprint density at radius 2 is 2.00 bits per heavy atom. The molecule has 154 valence electrons. The average Bonchev–Trinajstić information content (AvgIpc) is 3.39. The van der Waals surface area contributed by atoms with Crippen molar-refractivity contribution < 1.29 is 8.42 Å². The minimum Gasteiger partial charge on any atom is -0.308 e. The molecule has 1 aliphatic rings. The fourth-order valence-corrected chi connectivity index (χ4v) is 5.25. The summed E-state index contributed by atoms with van der Waals surface area (Å²) in [5, 5.41) is 10.4. The molecule has 4 heterocycles. The molecule has 9 nitrogen and oxygen atoms in total. The van der Waals surface area contributed by atoms with Crippen LogP contribution < -0.4 is 9.62 Å². The second-order valence-electron chi connectivity index (χ2n) is 7.43. The van der Waals surface area contributed by atoms with Gasteiger partial charge in [0.2, 0.25) is 16.0 Å². The molecule has 1 aromatic carbocycles. The van der Waals surface area contributed by atoms with Crippen LogP contribution in [0.2, 0.25) is 0 Å². The van der Waals surface area contributed by atoms with Crippen molar-refractivity contribution >= 4 is 33.1 Å². The minimum atomic E-state index is -3.24. The topological polar surface area (TPSA) is 108 Å². The van der Waals surface area contributed by atoms with E-state index in [1.54, 1.807) is 0 Å². The molecule has 1 fully saturated rings. The third kappa shape index (κ3) is 3.28. The van der Waals surface area contributed by atoms with Gasteiger partial charge in [0.25, 0.3) is 0 Å². The number of anilines is 3. The highest BCUT2D eigenvalue weighted by atomic mass is 32.2. The van der Waals surface area contributed by atoms with E-state index < -0.39 is 10.0 Å². The number of hydrogen-bond acceptors (Lipinski definition) is 6. The van der Waals surface area contributed by atoms with Crippen molar-refractivity contribution in [1.29, 1.82) is 0 Å². The maximum atomic E-state index is 12.3. The molecule has 0 spiro atoms. The lowest BCUT2D eigenvalue weighted by atomic mass is 10.1. The number of H-pyrrole nitrogens is 1. The summed E-state index contributed by atoms with van der Waals surface area (Å²) in [6.45, 7) is 4.36. The first kappa shape index (κ1) is 18.6. The monoisotopic (exact) mass is 423 g/mol. The predicted octanol–water partition coefficient (Wildman–Crippen LogP) is 3.02. The Morgan fingerprint density at radius 3 is 2.73 bits per heavy atom. The summed E-state index contributed by atoms with van der Waals surface area (Å²) in [4.78, 5) is 9.36. The molecule has 0 radical (unpaired) electrons. The SMILES string of the molecule is Cc1cn2c(Nc3cc(C)[nH]n3)nc(-c3cccc(N4CCCS4(=O)=O)c3)cc2n1. The van der Waals surface area contributed by atoms with Gasteiger partial charge in [-0.05, 0) is 32.4 Å². The molecule has 4 aromatic rings. The van der Waals surface area contributed by atoms with E-state index in [1.165, 1.54) is 4.31 Å². The number of nitrogens with one attached hydrogen (secondary N) is 2. The van der Waals surface area contributed by atoms with Crippen molar-refractivity contribution in [2.75, 3.05) is 21.9 Å². The molecule has 2 N–H and O–H groups in total. The average molecular weight is 424 g/mol. The van der Waals surface area contributed by atoms with Gasteiger partial charge in [0.1, 0.15) is 5.65 Å². The molecule has 30 heavy (non-hydrogen) atoms. The van der Waals surface area contributed by atoms with E-state index in [4.69, 9.17) is 4.98 Å². The van der Waals surface area contributed by atoms with Gasteiger partial charge >= 0.3 is 0 Å². The highest BCUT2D eigenvalue weighted by Crippen LogP contribution is 2.30. The van der Waals surface area contributed by atoms with Gasteiger partial charge in [0.05, 0.1) is 22.8 Å². The molecule has 3 aromatic heterocycles. The fourth-order valence-electron chi connectivity index (χ4n) is 3.69. The van der Waals surface area contributed by atoms with Crippen molar-refractivity contribution in [3.63, 3.8) is 0 Å². The molecule has 5 rings (SSSR count). The van der Waals surface area contributed by atoms with Crippen LogP contribution in [0.3, 0.4) is 0 Å². The van der Waals surface area contributed by atoms with Crippen molar-refractivity contribution in [3.8, 4) is 11.3 Å². The Labute approximate surface area is 173 Å². The molecule has 0 bridgehead atoms. The standard InChI is InChI=1S/C20H21N7O2S/c1-13-9-18(25-24-13)23-20-22-17(11-19-21-14(2)12-26(19)20)15-5-3-6-16(10-15)27-7-4-8-30(27,28)29/h3,5-6,9-12H,4,7-8H2,1-2H3,(H2,22,23,24,25). The lowest BCUT2D eigenvalue weighted by Crippen LogP contribution is -2.24. The number of sulfonamides is 1. The Morgan fingerprint density at radius 1 is 1.13 bits per heavy atom. The van der Waals surface area contributed by atoms with Gasteiger partial charge in [-0.3, -0.25) is 13.8 Å². The molecule has 10 heteroatoms. The molecule has 1 aliphatic heterocycles. The van der Waals surface area contributed by atoms with Crippen LogP contribution in [0, 0.1) is 13.8 Å². The third-order valence-corrected chi connectivity index (χ3v) is 6.92. The summed E-state index contributed by atoms with van der Waals surface area (Å²) in [7, 11) is -3.24. The van der Waals surface area contributed by atoms with Crippen LogP contribution in [0.1, 0.15) is 17.8 Å². The van der Waals surface area contributed by atoms with E-state index in [-0.39, 0.29) is 5.75 Å². The van der Waals surface area contributed by atoms with E-state index >= 15 is 0 Å². The zero-order chi connectivity index (χ0) is 20.9. The van der Waals surface area contributed by atoms with Gasteiger partial charge in [-0.1, -0.05) is 12.1 Å². The first-order valence-electron chi connectivity index (χ1n) is 9.66. The maximum Gasteiger partial charge on any atom is 0.235 e. The molecular weight excluding hydrogens is 402 g/mol. The van der Waals surface area contributed by atoms with Crippen LogP contribution in [-0.2, 0) is 10.0 Å². The summed E-state index contributed by atoms with van der Waals surface area (Å²) < 4.78 is 28.0. The number of aromatic amines is 1. The third-order valence-electron chi connectivity index (χ3n) is 5.05. The van der Waals surface area contributed by atoms with Crippen LogP contribution in [0.5, 0.6) is 0 Å². The first-order valence-corrected chi connectivity index (χ1v) is 11.3. The molecular formula is C20H21N7O2S. The number of aryl methyl sites for hydroxylation is 2. The van der Waals surface area contributed by atoms with Crippen molar-refractivity contribution in [3.05, 3.63) is 54.0 Å². The Kier molecular flexibility index (Phi) is 4.24. The smallest absolute Gasteiger partial charge is 0.235 e. The Balaban J connectivity index is 1.60. The Hall–Kier alpha value is -3.40. The van der Waals surface area contributed by atoms with E-state index in [1.807, 2.05) is 60.8 Å². The second kappa shape index (κ2) is 6.84. The van der Waals surface area contributed by atoms with Crippen LogP contribution in [0.15, 0.2) is 42.6 Å².